The van der Waals surface area contributed by atoms with Gasteiger partial charge in [-0.1, -0.05) is 0 Å². The summed E-state index contributed by atoms with van der Waals surface area (Å²) in [6.07, 6.45) is 0.716. The zero-order chi connectivity index (χ0) is 10.4. The molecule has 1 rings (SSSR count). The molecule has 4 nitrogen and oxygen atoms in total. The third kappa shape index (κ3) is 3.15. The smallest absolute Gasteiger partial charge is 0.237 e. The molecule has 5 heteroatoms. The van der Waals surface area contributed by atoms with E-state index < -0.39 is 5.92 Å². The summed E-state index contributed by atoms with van der Waals surface area (Å²) in [5, 5.41) is 13.1. The normalized spacial score (nSPS) is 11.7. The van der Waals surface area contributed by atoms with Crippen molar-refractivity contribution in [1.29, 1.82) is 5.26 Å². The van der Waals surface area contributed by atoms with Crippen LogP contribution in [-0.4, -0.2) is 17.4 Å². The van der Waals surface area contributed by atoms with Gasteiger partial charge in [-0.15, -0.1) is 11.3 Å². The van der Waals surface area contributed by atoms with Crippen molar-refractivity contribution in [2.75, 3.05) is 6.54 Å². The number of hydrogen-bond donors (Lipinski definition) is 1. The minimum absolute atomic E-state index is 0.220. The standard InChI is InChI=1S/C9H11N3OS/c1-7(4-10)9(13)11-3-2-8-5-14-6-12-8/h5-7H,2-3H2,1H3,(H,11,13). The maximum absolute atomic E-state index is 11.2. The van der Waals surface area contributed by atoms with Crippen molar-refractivity contribution in [1.82, 2.24) is 10.3 Å². The molecule has 0 aliphatic rings. The van der Waals surface area contributed by atoms with E-state index in [2.05, 4.69) is 10.3 Å². The topological polar surface area (TPSA) is 65.8 Å². The summed E-state index contributed by atoms with van der Waals surface area (Å²) < 4.78 is 0. The molecule has 0 fully saturated rings. The van der Waals surface area contributed by atoms with Gasteiger partial charge >= 0.3 is 0 Å². The Morgan fingerprint density at radius 1 is 1.86 bits per heavy atom. The lowest BCUT2D eigenvalue weighted by Gasteiger charge is -2.04. The number of nitrogens with one attached hydrogen (secondary N) is 1. The zero-order valence-electron chi connectivity index (χ0n) is 7.86. The number of thiazole rings is 1. The number of nitriles is 1. The molecule has 1 N–H and O–H groups in total. The lowest BCUT2D eigenvalue weighted by atomic mass is 10.2. The second-order valence-electron chi connectivity index (χ2n) is 2.87. The van der Waals surface area contributed by atoms with Crippen molar-refractivity contribution in [2.24, 2.45) is 5.92 Å². The van der Waals surface area contributed by atoms with Gasteiger partial charge in [-0.2, -0.15) is 5.26 Å². The van der Waals surface area contributed by atoms with Gasteiger partial charge in [-0.05, 0) is 6.92 Å². The summed E-state index contributed by atoms with van der Waals surface area (Å²) in [4.78, 5) is 15.2. The number of hydrogen-bond acceptors (Lipinski definition) is 4. The van der Waals surface area contributed by atoms with E-state index in [1.165, 1.54) is 11.3 Å². The molecule has 0 aliphatic carbocycles. The van der Waals surface area contributed by atoms with Gasteiger partial charge < -0.3 is 5.32 Å². The largest absolute Gasteiger partial charge is 0.355 e. The Morgan fingerprint density at radius 3 is 3.21 bits per heavy atom. The summed E-state index contributed by atoms with van der Waals surface area (Å²) in [6, 6.07) is 1.88. The first kappa shape index (κ1) is 10.7. The van der Waals surface area contributed by atoms with E-state index in [-0.39, 0.29) is 5.91 Å². The number of nitrogens with zero attached hydrogens (tertiary/aromatic N) is 2. The first-order valence-corrected chi connectivity index (χ1v) is 5.22. The minimum Gasteiger partial charge on any atom is -0.355 e. The fourth-order valence-electron chi connectivity index (χ4n) is 0.886. The first-order valence-electron chi connectivity index (χ1n) is 4.28. The van der Waals surface area contributed by atoms with Crippen molar-refractivity contribution in [2.45, 2.75) is 13.3 Å². The maximum Gasteiger partial charge on any atom is 0.237 e. The third-order valence-electron chi connectivity index (χ3n) is 1.75. The number of aromatic nitrogens is 1. The van der Waals surface area contributed by atoms with Crippen LogP contribution in [-0.2, 0) is 11.2 Å². The van der Waals surface area contributed by atoms with Gasteiger partial charge in [0.05, 0.1) is 17.3 Å². The highest BCUT2D eigenvalue weighted by atomic mass is 32.1. The Hall–Kier alpha value is -1.41. The van der Waals surface area contributed by atoms with Gasteiger partial charge in [0.25, 0.3) is 0 Å². The molecule has 0 aromatic carbocycles. The van der Waals surface area contributed by atoms with Crippen LogP contribution < -0.4 is 5.32 Å². The quantitative estimate of drug-likeness (QED) is 0.803. The highest BCUT2D eigenvalue weighted by Crippen LogP contribution is 2.00. The van der Waals surface area contributed by atoms with Crippen molar-refractivity contribution in [3.8, 4) is 6.07 Å². The number of carbonyl (C=O) groups is 1. The molecule has 1 aromatic heterocycles. The van der Waals surface area contributed by atoms with Gasteiger partial charge in [0.15, 0.2) is 0 Å². The molecule has 0 aliphatic heterocycles. The van der Waals surface area contributed by atoms with Gasteiger partial charge in [-0.25, -0.2) is 4.98 Å². The SMILES string of the molecule is CC(C#N)C(=O)NCCc1cscn1. The van der Waals surface area contributed by atoms with E-state index in [4.69, 9.17) is 5.26 Å². The Labute approximate surface area is 86.6 Å². The summed E-state index contributed by atoms with van der Waals surface area (Å²) in [5.41, 5.74) is 2.73. The zero-order valence-corrected chi connectivity index (χ0v) is 8.67. The lowest BCUT2D eigenvalue weighted by Crippen LogP contribution is -2.30. The lowest BCUT2D eigenvalue weighted by molar-refractivity contribution is -0.122. The van der Waals surface area contributed by atoms with Crippen molar-refractivity contribution >= 4 is 17.2 Å². The summed E-state index contributed by atoms with van der Waals surface area (Å²) in [6.45, 7) is 2.12. The van der Waals surface area contributed by atoms with E-state index in [1.807, 2.05) is 11.4 Å². The Balaban J connectivity index is 2.23. The molecule has 0 bridgehead atoms. The molecule has 14 heavy (non-hydrogen) atoms. The molecule has 0 spiro atoms. The van der Waals surface area contributed by atoms with Crippen LogP contribution >= 0.6 is 11.3 Å². The Bertz CT molecular complexity index is 328. The molecule has 1 aromatic rings. The molecule has 1 heterocycles. The highest BCUT2D eigenvalue weighted by Gasteiger charge is 2.09. The van der Waals surface area contributed by atoms with Crippen LogP contribution in [0.3, 0.4) is 0 Å². The average molecular weight is 209 g/mol. The van der Waals surface area contributed by atoms with Crippen LogP contribution in [0, 0.1) is 17.2 Å². The summed E-state index contributed by atoms with van der Waals surface area (Å²) >= 11 is 1.53. The van der Waals surface area contributed by atoms with E-state index in [9.17, 15) is 4.79 Å². The molecule has 0 radical (unpaired) electrons. The van der Waals surface area contributed by atoms with Crippen molar-refractivity contribution in [3.63, 3.8) is 0 Å². The number of amides is 1. The minimum atomic E-state index is -0.578. The third-order valence-corrected chi connectivity index (χ3v) is 2.39. The van der Waals surface area contributed by atoms with E-state index in [0.717, 1.165) is 5.69 Å². The Morgan fingerprint density at radius 2 is 2.64 bits per heavy atom. The van der Waals surface area contributed by atoms with Crippen LogP contribution in [0.2, 0.25) is 0 Å². The van der Waals surface area contributed by atoms with Gasteiger partial charge in [0, 0.05) is 18.3 Å². The van der Waals surface area contributed by atoms with Gasteiger partial charge in [0.1, 0.15) is 5.92 Å². The first-order chi connectivity index (χ1) is 6.74. The van der Waals surface area contributed by atoms with Crippen LogP contribution in [0.5, 0.6) is 0 Å². The van der Waals surface area contributed by atoms with Crippen LogP contribution in [0.25, 0.3) is 0 Å². The van der Waals surface area contributed by atoms with Crippen LogP contribution in [0.15, 0.2) is 10.9 Å². The molecular weight excluding hydrogens is 198 g/mol. The van der Waals surface area contributed by atoms with E-state index in [1.54, 1.807) is 12.4 Å². The van der Waals surface area contributed by atoms with Crippen LogP contribution in [0.1, 0.15) is 12.6 Å². The highest BCUT2D eigenvalue weighted by molar-refractivity contribution is 7.07. The second kappa shape index (κ2) is 5.35. The fourth-order valence-corrected chi connectivity index (χ4v) is 1.48. The second-order valence-corrected chi connectivity index (χ2v) is 3.59. The maximum atomic E-state index is 11.2. The van der Waals surface area contributed by atoms with E-state index in [0.29, 0.717) is 13.0 Å². The monoisotopic (exact) mass is 209 g/mol. The fraction of sp³-hybridized carbons (Fsp3) is 0.444. The predicted molar refractivity (Wildman–Crippen MR) is 53.6 cm³/mol. The predicted octanol–water partition coefficient (Wildman–Crippen LogP) is 0.961. The molecule has 0 saturated heterocycles. The molecule has 1 atom stereocenters. The van der Waals surface area contributed by atoms with Gasteiger partial charge in [0.2, 0.25) is 5.91 Å². The van der Waals surface area contributed by atoms with Crippen molar-refractivity contribution < 1.29 is 4.79 Å². The molecule has 1 amide bonds. The van der Waals surface area contributed by atoms with E-state index >= 15 is 0 Å². The van der Waals surface area contributed by atoms with Gasteiger partial charge in [-0.3, -0.25) is 4.79 Å². The molecule has 74 valence electrons. The Kier molecular flexibility index (Phi) is 4.08. The number of rotatable bonds is 4. The average Bonchev–Trinajstić information content (AvgIpc) is 2.69. The van der Waals surface area contributed by atoms with Crippen molar-refractivity contribution in [3.05, 3.63) is 16.6 Å². The molecule has 1 unspecified atom stereocenters. The van der Waals surface area contributed by atoms with Crippen LogP contribution in [0.4, 0.5) is 0 Å². The molecular formula is C9H11N3OS. The summed E-state index contributed by atoms with van der Waals surface area (Å²) in [5.74, 6) is -0.798. The summed E-state index contributed by atoms with van der Waals surface area (Å²) in [7, 11) is 0. The molecule has 0 saturated carbocycles. The number of carbonyl (C=O) groups excluding carboxylic acids is 1.